The average molecular weight is 429 g/mol. The Morgan fingerprint density at radius 2 is 1.87 bits per heavy atom. The first-order chi connectivity index (χ1) is 14.4. The number of carbonyl (C=O) groups is 2. The fraction of sp³-hybridized carbons (Fsp3) is 0.286. The summed E-state index contributed by atoms with van der Waals surface area (Å²) >= 11 is 1.15. The van der Waals surface area contributed by atoms with E-state index in [4.69, 9.17) is 9.47 Å². The van der Waals surface area contributed by atoms with Gasteiger partial charge in [-0.2, -0.15) is 0 Å². The highest BCUT2D eigenvalue weighted by molar-refractivity contribution is 8.03. The van der Waals surface area contributed by atoms with E-state index in [2.05, 4.69) is 0 Å². The van der Waals surface area contributed by atoms with Gasteiger partial charge in [0.05, 0.1) is 19.1 Å². The second-order valence-electron chi connectivity index (χ2n) is 7.08. The minimum absolute atomic E-state index is 0.154. The van der Waals surface area contributed by atoms with Gasteiger partial charge in [-0.05, 0) is 31.2 Å². The number of β-lactam (4-membered cyclic amide) rings is 1. The number of hydrogen-bond acceptors (Lipinski definition) is 6. The van der Waals surface area contributed by atoms with E-state index in [1.165, 1.54) is 11.8 Å². The third kappa shape index (κ3) is 3.61. The van der Waals surface area contributed by atoms with Crippen molar-refractivity contribution in [3.63, 3.8) is 0 Å². The third-order valence-electron chi connectivity index (χ3n) is 5.06. The molecule has 0 aliphatic carbocycles. The van der Waals surface area contributed by atoms with Crippen LogP contribution in [-0.2, 0) is 16.1 Å². The highest BCUT2D eigenvalue weighted by Gasteiger charge is 2.58. The summed E-state index contributed by atoms with van der Waals surface area (Å²) in [4.78, 5) is 25.1. The van der Waals surface area contributed by atoms with Gasteiger partial charge in [0.25, 0.3) is 0 Å². The first-order valence-electron chi connectivity index (χ1n) is 9.34. The summed E-state index contributed by atoms with van der Waals surface area (Å²) in [7, 11) is 1.62. The molecule has 1 aromatic heterocycles. The zero-order valence-corrected chi connectivity index (χ0v) is 17.2. The van der Waals surface area contributed by atoms with Gasteiger partial charge in [-0.25, -0.2) is 9.36 Å². The van der Waals surface area contributed by atoms with Gasteiger partial charge in [0.15, 0.2) is 29.7 Å². The number of fused-ring (bicyclic) bond motifs is 1. The number of aliphatic hydroxyl groups is 1. The fourth-order valence-electron chi connectivity index (χ4n) is 3.49. The molecule has 2 aliphatic heterocycles. The van der Waals surface area contributed by atoms with Crippen LogP contribution in [0.4, 0.5) is 0 Å². The maximum atomic E-state index is 12.2. The number of amides is 1. The highest BCUT2D eigenvalue weighted by atomic mass is 32.2. The predicted octanol–water partition coefficient (Wildman–Crippen LogP) is 1.58. The summed E-state index contributed by atoms with van der Waals surface area (Å²) in [6.07, 6.45) is 2.99. The molecule has 156 valence electrons. The molecule has 9 heteroatoms. The van der Waals surface area contributed by atoms with Gasteiger partial charge in [-0.3, -0.25) is 9.69 Å². The molecule has 1 saturated heterocycles. The molecule has 0 spiro atoms. The Morgan fingerprint density at radius 1 is 1.20 bits per heavy atom. The van der Waals surface area contributed by atoms with E-state index in [-0.39, 0.29) is 10.8 Å². The topological polar surface area (TPSA) is 100 Å². The lowest BCUT2D eigenvalue weighted by Crippen LogP contribution is -2.60. The van der Waals surface area contributed by atoms with Crippen molar-refractivity contribution in [1.29, 1.82) is 0 Å². The van der Waals surface area contributed by atoms with E-state index in [9.17, 15) is 19.8 Å². The van der Waals surface area contributed by atoms with Crippen LogP contribution in [0.2, 0.25) is 0 Å². The van der Waals surface area contributed by atoms with Crippen molar-refractivity contribution >= 4 is 23.6 Å². The number of nitrogens with zero attached hydrogens (tertiary/aromatic N) is 2. The molecule has 1 fully saturated rings. The second-order valence-corrected chi connectivity index (χ2v) is 8.17. The fourth-order valence-corrected chi connectivity index (χ4v) is 4.95. The maximum absolute atomic E-state index is 12.2. The Bertz CT molecular complexity index is 1000. The normalized spacial score (nSPS) is 21.2. The minimum Gasteiger partial charge on any atom is -0.496 e. The molecule has 1 aromatic carbocycles. The number of aliphatic hydroxyl groups excluding tert-OH is 1. The van der Waals surface area contributed by atoms with E-state index in [0.717, 1.165) is 23.1 Å². The zero-order chi connectivity index (χ0) is 21.4. The van der Waals surface area contributed by atoms with Crippen molar-refractivity contribution < 1.29 is 33.8 Å². The van der Waals surface area contributed by atoms with Crippen LogP contribution in [0.15, 0.2) is 59.6 Å². The molecule has 3 heterocycles. The molecule has 0 saturated carbocycles. The van der Waals surface area contributed by atoms with Crippen LogP contribution in [0.3, 0.4) is 0 Å². The molecule has 0 radical (unpaired) electrons. The number of carboxylic acid groups (broad SMARTS) is 1. The highest BCUT2D eigenvalue weighted by Crippen LogP contribution is 2.50. The molecule has 2 aromatic rings. The number of aliphatic carboxylic acids is 1. The number of hydrogen-bond donors (Lipinski definition) is 2. The van der Waals surface area contributed by atoms with Crippen molar-refractivity contribution in [2.75, 3.05) is 7.11 Å². The number of carboxylic acids is 1. The van der Waals surface area contributed by atoms with Crippen LogP contribution in [0.25, 0.3) is 0 Å². The summed E-state index contributed by atoms with van der Waals surface area (Å²) in [5.41, 5.74) is 0.863. The van der Waals surface area contributed by atoms with E-state index in [1.54, 1.807) is 19.2 Å². The summed E-state index contributed by atoms with van der Waals surface area (Å²) in [6, 6.07) is 11.1. The average Bonchev–Trinajstić information content (AvgIpc) is 3.04. The molecular weight excluding hydrogens is 408 g/mol. The third-order valence-corrected chi connectivity index (χ3v) is 6.30. The van der Waals surface area contributed by atoms with E-state index in [0.29, 0.717) is 12.3 Å². The number of benzene rings is 1. The summed E-state index contributed by atoms with van der Waals surface area (Å²) in [5, 5.41) is 19.0. The number of thioether (sulfide) groups is 1. The molecule has 8 nitrogen and oxygen atoms in total. The van der Waals surface area contributed by atoms with Gasteiger partial charge in [0, 0.05) is 17.7 Å². The molecule has 3 atom stereocenters. The first-order valence-corrected chi connectivity index (χ1v) is 10.2. The van der Waals surface area contributed by atoms with Gasteiger partial charge in [0.1, 0.15) is 16.9 Å². The monoisotopic (exact) mass is 429 g/mol. The zero-order valence-electron chi connectivity index (χ0n) is 16.4. The molecule has 30 heavy (non-hydrogen) atoms. The van der Waals surface area contributed by atoms with Crippen LogP contribution in [0, 0.1) is 5.92 Å². The smallest absolute Gasteiger partial charge is 0.357 e. The largest absolute Gasteiger partial charge is 0.496 e. The molecule has 1 amide bonds. The van der Waals surface area contributed by atoms with Crippen LogP contribution < -0.4 is 14.0 Å². The second kappa shape index (κ2) is 8.00. The molecular formula is C21H21N2O6S+. The Labute approximate surface area is 177 Å². The van der Waals surface area contributed by atoms with E-state index >= 15 is 0 Å². The van der Waals surface area contributed by atoms with Crippen molar-refractivity contribution in [3.05, 3.63) is 65.1 Å². The Kier molecular flexibility index (Phi) is 5.40. The van der Waals surface area contributed by atoms with Crippen LogP contribution in [-0.4, -0.2) is 45.6 Å². The quantitative estimate of drug-likeness (QED) is 0.509. The number of ether oxygens (including phenoxy) is 2. The lowest BCUT2D eigenvalue weighted by molar-refractivity contribution is -0.688. The van der Waals surface area contributed by atoms with Crippen molar-refractivity contribution in [1.82, 2.24) is 4.90 Å². The molecule has 4 rings (SSSR count). The van der Waals surface area contributed by atoms with Gasteiger partial charge >= 0.3 is 5.97 Å². The van der Waals surface area contributed by atoms with Crippen molar-refractivity contribution in [2.24, 2.45) is 5.92 Å². The standard InChI is InChI=1S/C21H20N2O6S/c1-12(24)16-18(25)23-17(20(26)27)21(30-19(16)23)29-15-5-3-13(4-6-15)11-22-9-7-14(28-2)8-10-22/h3-10,12,16,19,24H,11H2,1-2H3/p+1/t12-,16+,19-/m1/s1. The first kappa shape index (κ1) is 20.2. The number of rotatable bonds is 7. The number of carbonyl (C=O) groups excluding carboxylic acids is 1. The lowest BCUT2D eigenvalue weighted by Gasteiger charge is -2.43. The Morgan fingerprint density at radius 3 is 2.43 bits per heavy atom. The minimum atomic E-state index is -1.23. The SMILES string of the molecule is COc1cc[n+](Cc2ccc(OC3=C(C(=O)O)N4C(=O)[C@H]([C@@H](C)O)[C@H]4S3)cc2)cc1. The van der Waals surface area contributed by atoms with E-state index < -0.39 is 29.3 Å². The summed E-state index contributed by atoms with van der Waals surface area (Å²) < 4.78 is 13.0. The summed E-state index contributed by atoms with van der Waals surface area (Å²) in [6.45, 7) is 2.18. The Balaban J connectivity index is 1.47. The maximum Gasteiger partial charge on any atom is 0.357 e. The predicted molar refractivity (Wildman–Crippen MR) is 107 cm³/mol. The van der Waals surface area contributed by atoms with Crippen LogP contribution in [0.1, 0.15) is 12.5 Å². The number of pyridine rings is 1. The van der Waals surface area contributed by atoms with Crippen molar-refractivity contribution in [2.45, 2.75) is 24.9 Å². The molecule has 2 N–H and O–H groups in total. The molecule has 2 aliphatic rings. The van der Waals surface area contributed by atoms with Gasteiger partial charge in [0.2, 0.25) is 5.91 Å². The molecule has 0 unspecified atom stereocenters. The summed E-state index contributed by atoms with van der Waals surface area (Å²) in [5.74, 6) is -1.000. The van der Waals surface area contributed by atoms with Crippen molar-refractivity contribution in [3.8, 4) is 11.5 Å². The Hall–Kier alpha value is -3.04. The van der Waals surface area contributed by atoms with Gasteiger partial charge < -0.3 is 19.7 Å². The lowest BCUT2D eigenvalue weighted by atomic mass is 9.92. The number of methoxy groups -OCH3 is 1. The van der Waals surface area contributed by atoms with Crippen LogP contribution >= 0.6 is 11.8 Å². The van der Waals surface area contributed by atoms with Gasteiger partial charge in [-0.15, -0.1) is 0 Å². The van der Waals surface area contributed by atoms with Crippen LogP contribution in [0.5, 0.6) is 11.5 Å². The van der Waals surface area contributed by atoms with Gasteiger partial charge in [-0.1, -0.05) is 11.8 Å². The molecule has 0 bridgehead atoms. The number of aromatic nitrogens is 1. The van der Waals surface area contributed by atoms with E-state index in [1.807, 2.05) is 41.2 Å².